The Morgan fingerprint density at radius 2 is 2.25 bits per heavy atom. The minimum atomic E-state index is 0.962. The third-order valence-electron chi connectivity index (χ3n) is 1.40. The minimum Gasteiger partial charge on any atom is -0.295 e. The summed E-state index contributed by atoms with van der Waals surface area (Å²) in [5.41, 5.74) is 0.962. The van der Waals surface area contributed by atoms with E-state index >= 15 is 0 Å². The van der Waals surface area contributed by atoms with Crippen molar-refractivity contribution in [1.82, 2.24) is 0 Å². The van der Waals surface area contributed by atoms with E-state index in [4.69, 9.17) is 0 Å². The fraction of sp³-hybridized carbons (Fsp3) is 0.200. The predicted octanol–water partition coefficient (Wildman–Crippen LogP) is 2.16. The van der Waals surface area contributed by atoms with Crippen LogP contribution < -0.4 is 0 Å². The first-order valence-corrected chi connectivity index (χ1v) is 3.91. The highest BCUT2D eigenvalue weighted by Gasteiger charge is 1.86. The fourth-order valence-electron chi connectivity index (χ4n) is 0.840. The van der Waals surface area contributed by atoms with Crippen LogP contribution in [0.2, 0.25) is 0 Å². The molecule has 0 saturated carbocycles. The van der Waals surface area contributed by atoms with E-state index in [-0.39, 0.29) is 0 Å². The lowest BCUT2D eigenvalue weighted by molar-refractivity contribution is 1.38. The van der Waals surface area contributed by atoms with E-state index in [1.54, 1.807) is 19.5 Å². The third kappa shape index (κ3) is 3.10. The summed E-state index contributed by atoms with van der Waals surface area (Å²) in [5.74, 6) is 0. The lowest BCUT2D eigenvalue weighted by Crippen LogP contribution is -1.76. The third-order valence-corrected chi connectivity index (χ3v) is 1.40. The summed E-state index contributed by atoms with van der Waals surface area (Å²) in [6.07, 6.45) is 14.5. The normalized spacial score (nSPS) is 17.2. The van der Waals surface area contributed by atoms with Gasteiger partial charge in [-0.25, -0.2) is 0 Å². The molecule has 62 valence electrons. The second-order valence-corrected chi connectivity index (χ2v) is 2.34. The first-order valence-electron chi connectivity index (χ1n) is 3.91. The molecule has 0 spiro atoms. The highest BCUT2D eigenvalue weighted by atomic mass is 14.7. The number of aliphatic imine (C=N–C) groups is 2. The molecule has 0 aromatic carbocycles. The molecule has 0 unspecified atom stereocenters. The summed E-state index contributed by atoms with van der Waals surface area (Å²) in [6, 6.07) is 0. The topological polar surface area (TPSA) is 24.7 Å². The van der Waals surface area contributed by atoms with Crippen LogP contribution in [-0.4, -0.2) is 19.5 Å². The van der Waals surface area contributed by atoms with Crippen LogP contribution in [0.1, 0.15) is 6.42 Å². The van der Waals surface area contributed by atoms with Gasteiger partial charge in [-0.1, -0.05) is 18.2 Å². The minimum absolute atomic E-state index is 0.962. The summed E-state index contributed by atoms with van der Waals surface area (Å²) in [5, 5.41) is 0. The van der Waals surface area contributed by atoms with Crippen LogP contribution in [0, 0.1) is 0 Å². The van der Waals surface area contributed by atoms with Gasteiger partial charge in [-0.2, -0.15) is 0 Å². The number of allylic oxidation sites excluding steroid dienone is 5. The summed E-state index contributed by atoms with van der Waals surface area (Å²) in [4.78, 5) is 7.98. The predicted molar refractivity (Wildman–Crippen MR) is 53.9 cm³/mol. The van der Waals surface area contributed by atoms with Crippen molar-refractivity contribution in [2.75, 3.05) is 7.05 Å². The molecule has 0 fully saturated rings. The average molecular weight is 160 g/mol. The van der Waals surface area contributed by atoms with Crippen molar-refractivity contribution in [3.05, 3.63) is 36.1 Å². The number of rotatable bonds is 2. The van der Waals surface area contributed by atoms with Gasteiger partial charge < -0.3 is 0 Å². The second-order valence-electron chi connectivity index (χ2n) is 2.34. The van der Waals surface area contributed by atoms with Gasteiger partial charge in [-0.05, 0) is 18.6 Å². The van der Waals surface area contributed by atoms with Crippen molar-refractivity contribution in [3.63, 3.8) is 0 Å². The molecule has 1 aliphatic rings. The quantitative estimate of drug-likeness (QED) is 0.553. The zero-order valence-electron chi connectivity index (χ0n) is 7.14. The van der Waals surface area contributed by atoms with E-state index in [1.807, 2.05) is 18.2 Å². The molecule has 2 nitrogen and oxygen atoms in total. The molecule has 1 aliphatic carbocycles. The Kier molecular flexibility index (Phi) is 3.78. The first-order chi connectivity index (χ1) is 5.93. The number of hydrogen-bond acceptors (Lipinski definition) is 2. The summed E-state index contributed by atoms with van der Waals surface area (Å²) in [6.45, 7) is 0. The number of hydrogen-bond donors (Lipinski definition) is 0. The summed E-state index contributed by atoms with van der Waals surface area (Å²) >= 11 is 0. The zero-order valence-corrected chi connectivity index (χ0v) is 7.14. The maximum atomic E-state index is 4.18. The molecule has 0 saturated heterocycles. The molecule has 0 aromatic heterocycles. The van der Waals surface area contributed by atoms with E-state index in [0.29, 0.717) is 0 Å². The molecular weight excluding hydrogens is 148 g/mol. The van der Waals surface area contributed by atoms with Crippen molar-refractivity contribution < 1.29 is 0 Å². The Bertz CT molecular complexity index is 268. The monoisotopic (exact) mass is 160 g/mol. The molecule has 0 aliphatic heterocycles. The molecule has 0 heterocycles. The smallest absolute Gasteiger partial charge is 0.0627 e. The lowest BCUT2D eigenvalue weighted by atomic mass is 10.4. The van der Waals surface area contributed by atoms with Crippen LogP contribution in [0.25, 0.3) is 0 Å². The van der Waals surface area contributed by atoms with Gasteiger partial charge in [0.15, 0.2) is 0 Å². The Morgan fingerprint density at radius 1 is 1.33 bits per heavy atom. The van der Waals surface area contributed by atoms with E-state index in [0.717, 1.165) is 12.1 Å². The lowest BCUT2D eigenvalue weighted by Gasteiger charge is -1.87. The molecule has 0 amide bonds. The highest BCUT2D eigenvalue weighted by Crippen LogP contribution is 2.04. The van der Waals surface area contributed by atoms with Gasteiger partial charge in [-0.3, -0.25) is 9.98 Å². The average Bonchev–Trinajstić information content (AvgIpc) is 2.33. The molecular formula is C10H12N2. The molecule has 0 radical (unpaired) electrons. The summed E-state index contributed by atoms with van der Waals surface area (Å²) in [7, 11) is 1.73. The first kappa shape index (κ1) is 8.65. The van der Waals surface area contributed by atoms with E-state index < -0.39 is 0 Å². The van der Waals surface area contributed by atoms with Crippen molar-refractivity contribution in [2.45, 2.75) is 6.42 Å². The highest BCUT2D eigenvalue weighted by molar-refractivity contribution is 6.16. The van der Waals surface area contributed by atoms with Crippen molar-refractivity contribution in [3.8, 4) is 0 Å². The van der Waals surface area contributed by atoms with Gasteiger partial charge in [0.1, 0.15) is 0 Å². The van der Waals surface area contributed by atoms with Crippen LogP contribution in [0.5, 0.6) is 0 Å². The molecule has 0 N–H and O–H groups in total. The van der Waals surface area contributed by atoms with Gasteiger partial charge >= 0.3 is 0 Å². The van der Waals surface area contributed by atoms with Crippen molar-refractivity contribution in [1.29, 1.82) is 0 Å². The van der Waals surface area contributed by atoms with Gasteiger partial charge in [-0.15, -0.1) is 0 Å². The Morgan fingerprint density at radius 3 is 3.08 bits per heavy atom. The maximum absolute atomic E-state index is 4.18. The molecule has 0 atom stereocenters. The van der Waals surface area contributed by atoms with E-state index in [9.17, 15) is 0 Å². The van der Waals surface area contributed by atoms with Crippen LogP contribution in [-0.2, 0) is 0 Å². The summed E-state index contributed by atoms with van der Waals surface area (Å²) < 4.78 is 0. The van der Waals surface area contributed by atoms with E-state index in [2.05, 4.69) is 22.1 Å². The molecule has 1 rings (SSSR count). The van der Waals surface area contributed by atoms with E-state index in [1.165, 1.54) is 0 Å². The van der Waals surface area contributed by atoms with Gasteiger partial charge in [0.05, 0.1) is 5.70 Å². The fourth-order valence-corrected chi connectivity index (χ4v) is 0.840. The Labute approximate surface area is 72.7 Å². The number of nitrogens with zero attached hydrogens (tertiary/aromatic N) is 2. The second kappa shape index (κ2) is 5.24. The Hall–Kier alpha value is -1.44. The SMILES string of the molecule is C/N=C\C=N/C1=CC=CCC=C1. The maximum Gasteiger partial charge on any atom is 0.0627 e. The zero-order chi connectivity index (χ0) is 8.65. The molecule has 2 heteroatoms. The van der Waals surface area contributed by atoms with Crippen LogP contribution in [0.3, 0.4) is 0 Å². The largest absolute Gasteiger partial charge is 0.295 e. The Balaban J connectivity index is 2.61. The standard InChI is InChI=1S/C10H12N2/c1-11-8-9-12-10-6-4-2-3-5-7-10/h2,4-9H,3H2,1H3/b11-8-,12-9-. The van der Waals surface area contributed by atoms with Crippen molar-refractivity contribution >= 4 is 12.4 Å². The molecule has 12 heavy (non-hydrogen) atoms. The van der Waals surface area contributed by atoms with Crippen LogP contribution >= 0.6 is 0 Å². The van der Waals surface area contributed by atoms with Gasteiger partial charge in [0.25, 0.3) is 0 Å². The van der Waals surface area contributed by atoms with Gasteiger partial charge in [0, 0.05) is 19.5 Å². The van der Waals surface area contributed by atoms with Gasteiger partial charge in [0.2, 0.25) is 0 Å². The van der Waals surface area contributed by atoms with Crippen molar-refractivity contribution in [2.24, 2.45) is 9.98 Å². The van der Waals surface area contributed by atoms with Crippen LogP contribution in [0.15, 0.2) is 46.1 Å². The van der Waals surface area contributed by atoms with Crippen LogP contribution in [0.4, 0.5) is 0 Å². The molecule has 0 aromatic rings. The molecule has 0 bridgehead atoms.